The van der Waals surface area contributed by atoms with Gasteiger partial charge in [0.2, 0.25) is 0 Å². The minimum absolute atomic E-state index is 0. The molecule has 0 unspecified atom stereocenters. The minimum atomic E-state index is -0.306. The Labute approximate surface area is 216 Å². The van der Waals surface area contributed by atoms with Crippen molar-refractivity contribution in [2.24, 2.45) is 0 Å². The van der Waals surface area contributed by atoms with Crippen molar-refractivity contribution in [3.8, 4) is 5.75 Å². The Balaban J connectivity index is 0.00000181. The number of hydrogen-bond donors (Lipinski definition) is 2. The van der Waals surface area contributed by atoms with Crippen LogP contribution in [0.1, 0.15) is 48.8 Å². The van der Waals surface area contributed by atoms with Crippen LogP contribution in [0, 0.1) is 5.82 Å². The molecule has 0 aromatic heterocycles. The summed E-state index contributed by atoms with van der Waals surface area (Å²) in [5.41, 5.74) is 2.60. The smallest absolute Gasteiger partial charge is 0.128 e. The molecule has 2 aromatic rings. The molecule has 8 heteroatoms. The van der Waals surface area contributed by atoms with Crippen LogP contribution in [0.25, 0.3) is 0 Å². The third-order valence-corrected chi connectivity index (χ3v) is 6.86. The molecule has 1 aliphatic carbocycles. The fourth-order valence-corrected chi connectivity index (χ4v) is 4.94. The van der Waals surface area contributed by atoms with Crippen LogP contribution in [0.5, 0.6) is 5.75 Å². The van der Waals surface area contributed by atoms with Crippen LogP contribution >= 0.6 is 37.2 Å². The highest BCUT2D eigenvalue weighted by Crippen LogP contribution is 2.38. The normalized spacial score (nSPS) is 18.5. The maximum Gasteiger partial charge on any atom is 0.128 e. The van der Waals surface area contributed by atoms with Gasteiger partial charge < -0.3 is 15.3 Å². The Bertz CT molecular complexity index is 857. The quantitative estimate of drug-likeness (QED) is 0.528. The number of piperazine rings is 1. The van der Waals surface area contributed by atoms with Gasteiger partial charge in [-0.3, -0.25) is 4.90 Å². The topological polar surface area (TPSA) is 38.7 Å². The van der Waals surface area contributed by atoms with Crippen LogP contribution in [-0.2, 0) is 18.6 Å². The maximum atomic E-state index is 14.7. The van der Waals surface area contributed by atoms with E-state index in [2.05, 4.69) is 28.2 Å². The molecule has 4 nitrogen and oxygen atoms in total. The standard InChI is InChI=1S/C25H34FN3O.3ClH/c1-28-13-15-29(16-14-28)19-21-17-20(9-10-24(21)30)18-27-25(11-5-2-6-12-25)22-7-3-4-8-23(22)26;;;/h3-4,7-10,17,27,30H,2,5-6,11-16,18-19H2,1H3;3*1H. The van der Waals surface area contributed by atoms with E-state index in [0.717, 1.165) is 75.1 Å². The Hall–Kier alpha value is -1.08. The number of phenols is 1. The van der Waals surface area contributed by atoms with Crippen molar-refractivity contribution < 1.29 is 9.50 Å². The first kappa shape index (κ1) is 30.0. The molecule has 1 aliphatic heterocycles. The summed E-state index contributed by atoms with van der Waals surface area (Å²) in [7, 11) is 2.15. The van der Waals surface area contributed by atoms with Crippen LogP contribution in [0.2, 0.25) is 0 Å². The van der Waals surface area contributed by atoms with Crippen molar-refractivity contribution in [2.75, 3.05) is 33.2 Å². The summed E-state index contributed by atoms with van der Waals surface area (Å²) in [6.07, 6.45) is 5.36. The molecule has 1 heterocycles. The second kappa shape index (κ2) is 13.7. The number of nitrogens with zero attached hydrogens (tertiary/aromatic N) is 2. The molecule has 1 saturated heterocycles. The van der Waals surface area contributed by atoms with E-state index in [4.69, 9.17) is 0 Å². The first-order valence-corrected chi connectivity index (χ1v) is 11.3. The average molecular weight is 521 g/mol. The lowest BCUT2D eigenvalue weighted by atomic mass is 9.76. The second-order valence-electron chi connectivity index (χ2n) is 9.02. The summed E-state index contributed by atoms with van der Waals surface area (Å²) in [6, 6.07) is 13.1. The summed E-state index contributed by atoms with van der Waals surface area (Å²) in [6.45, 7) is 5.61. The highest BCUT2D eigenvalue weighted by atomic mass is 35.5. The maximum absolute atomic E-state index is 14.7. The molecule has 2 aliphatic rings. The van der Waals surface area contributed by atoms with Crippen molar-refractivity contribution >= 4 is 37.2 Å². The van der Waals surface area contributed by atoms with Crippen molar-refractivity contribution in [2.45, 2.75) is 50.7 Å². The fraction of sp³-hybridized carbons (Fsp3) is 0.520. The van der Waals surface area contributed by atoms with Crippen molar-refractivity contribution in [3.63, 3.8) is 0 Å². The lowest BCUT2D eigenvalue weighted by Crippen LogP contribution is -2.44. The molecular weight excluding hydrogens is 484 g/mol. The Morgan fingerprint density at radius 2 is 1.61 bits per heavy atom. The largest absolute Gasteiger partial charge is 0.508 e. The first-order valence-electron chi connectivity index (χ1n) is 11.3. The van der Waals surface area contributed by atoms with Crippen LogP contribution in [0.15, 0.2) is 42.5 Å². The van der Waals surface area contributed by atoms with E-state index in [0.29, 0.717) is 12.3 Å². The molecule has 4 rings (SSSR count). The third-order valence-electron chi connectivity index (χ3n) is 6.86. The summed E-state index contributed by atoms with van der Waals surface area (Å²) >= 11 is 0. The SMILES string of the molecule is CN1CCN(Cc2cc(CNC3(c4ccccc4F)CCCCC3)ccc2O)CC1.Cl.Cl.Cl. The number of likely N-dealkylation sites (N-methyl/N-ethyl adjacent to an activating group) is 1. The molecule has 2 fully saturated rings. The van der Waals surface area contributed by atoms with Crippen LogP contribution < -0.4 is 5.32 Å². The number of rotatable bonds is 6. The summed E-state index contributed by atoms with van der Waals surface area (Å²) in [4.78, 5) is 4.73. The van der Waals surface area contributed by atoms with E-state index in [-0.39, 0.29) is 48.6 Å². The second-order valence-corrected chi connectivity index (χ2v) is 9.02. The van der Waals surface area contributed by atoms with Gasteiger partial charge in [-0.15, -0.1) is 37.2 Å². The van der Waals surface area contributed by atoms with Crippen molar-refractivity contribution in [3.05, 3.63) is 65.0 Å². The van der Waals surface area contributed by atoms with Crippen molar-refractivity contribution in [1.29, 1.82) is 0 Å². The van der Waals surface area contributed by atoms with Crippen LogP contribution in [0.3, 0.4) is 0 Å². The van der Waals surface area contributed by atoms with Gasteiger partial charge in [0.15, 0.2) is 0 Å². The van der Waals surface area contributed by atoms with Crippen molar-refractivity contribution in [1.82, 2.24) is 15.1 Å². The zero-order valence-electron chi connectivity index (χ0n) is 19.3. The Morgan fingerprint density at radius 3 is 2.27 bits per heavy atom. The van der Waals surface area contributed by atoms with Gasteiger partial charge in [0, 0.05) is 55.9 Å². The first-order chi connectivity index (χ1) is 14.6. The lowest BCUT2D eigenvalue weighted by Gasteiger charge is -2.39. The molecule has 186 valence electrons. The van der Waals surface area contributed by atoms with E-state index in [1.807, 2.05) is 18.2 Å². The summed E-state index contributed by atoms with van der Waals surface area (Å²) < 4.78 is 14.7. The molecule has 0 bridgehead atoms. The Morgan fingerprint density at radius 1 is 0.939 bits per heavy atom. The monoisotopic (exact) mass is 519 g/mol. The summed E-state index contributed by atoms with van der Waals surface area (Å²) in [5, 5.41) is 14.1. The number of hydrogen-bond acceptors (Lipinski definition) is 4. The number of benzene rings is 2. The van der Waals surface area contributed by atoms with Gasteiger partial charge in [-0.05, 0) is 43.7 Å². The Kier molecular flexibility index (Phi) is 12.5. The van der Waals surface area contributed by atoms with E-state index in [9.17, 15) is 9.50 Å². The summed E-state index contributed by atoms with van der Waals surface area (Å²) in [5.74, 6) is 0.243. The van der Waals surface area contributed by atoms with Gasteiger partial charge in [-0.1, -0.05) is 43.5 Å². The molecule has 2 aromatic carbocycles. The number of aromatic hydroxyl groups is 1. The van der Waals surface area contributed by atoms with E-state index >= 15 is 0 Å². The average Bonchev–Trinajstić information content (AvgIpc) is 2.77. The highest BCUT2D eigenvalue weighted by Gasteiger charge is 2.35. The minimum Gasteiger partial charge on any atom is -0.508 e. The van der Waals surface area contributed by atoms with E-state index in [1.54, 1.807) is 18.2 Å². The van der Waals surface area contributed by atoms with Gasteiger partial charge in [0.25, 0.3) is 0 Å². The zero-order chi connectivity index (χ0) is 21.0. The van der Waals surface area contributed by atoms with E-state index in [1.165, 1.54) is 6.42 Å². The molecule has 33 heavy (non-hydrogen) atoms. The van der Waals surface area contributed by atoms with Gasteiger partial charge in [-0.25, -0.2) is 4.39 Å². The van der Waals surface area contributed by atoms with Gasteiger partial charge in [0.05, 0.1) is 0 Å². The van der Waals surface area contributed by atoms with Gasteiger partial charge in [-0.2, -0.15) is 0 Å². The van der Waals surface area contributed by atoms with Gasteiger partial charge in [0.1, 0.15) is 11.6 Å². The number of halogens is 4. The third kappa shape index (κ3) is 7.45. The fourth-order valence-electron chi connectivity index (χ4n) is 4.94. The zero-order valence-corrected chi connectivity index (χ0v) is 21.7. The molecule has 2 N–H and O–H groups in total. The predicted molar refractivity (Wildman–Crippen MR) is 141 cm³/mol. The van der Waals surface area contributed by atoms with Gasteiger partial charge >= 0.3 is 0 Å². The predicted octanol–water partition coefficient (Wildman–Crippen LogP) is 5.49. The molecule has 1 saturated carbocycles. The molecular formula is C25H37Cl3FN3O. The molecule has 0 spiro atoms. The molecule has 0 atom stereocenters. The van der Waals surface area contributed by atoms with Crippen LogP contribution in [-0.4, -0.2) is 48.1 Å². The highest BCUT2D eigenvalue weighted by molar-refractivity contribution is 5.86. The molecule has 0 amide bonds. The number of phenolic OH excluding ortho intramolecular Hbond substituents is 1. The van der Waals surface area contributed by atoms with E-state index < -0.39 is 0 Å². The number of nitrogens with one attached hydrogen (secondary N) is 1. The van der Waals surface area contributed by atoms with Crippen LogP contribution in [0.4, 0.5) is 4.39 Å². The molecule has 0 radical (unpaired) electrons. The lowest BCUT2D eigenvalue weighted by molar-refractivity contribution is 0.147.